The van der Waals surface area contributed by atoms with E-state index in [1.165, 1.54) is 25.9 Å². The third kappa shape index (κ3) is 1.17. The lowest BCUT2D eigenvalue weighted by Gasteiger charge is -2.57. The minimum absolute atomic E-state index is 0.603. The molecule has 2 heterocycles. The van der Waals surface area contributed by atoms with Gasteiger partial charge in [0.05, 0.1) is 13.2 Å². The summed E-state index contributed by atoms with van der Waals surface area (Å²) in [5.74, 6) is 1.85. The number of nitrogens with zero attached hydrogens (tertiary/aromatic N) is 1. The third-order valence-corrected chi connectivity index (χ3v) is 4.78. The maximum absolute atomic E-state index is 5.31. The van der Waals surface area contributed by atoms with Crippen LogP contribution in [0, 0.1) is 17.3 Å². The topological polar surface area (TPSA) is 12.5 Å². The van der Waals surface area contributed by atoms with E-state index < -0.39 is 0 Å². The molecule has 3 rings (SSSR count). The second kappa shape index (κ2) is 2.96. The zero-order chi connectivity index (χ0) is 9.76. The van der Waals surface area contributed by atoms with Crippen molar-refractivity contribution in [1.82, 2.24) is 4.90 Å². The Kier molecular flexibility index (Phi) is 1.94. The second-order valence-electron chi connectivity index (χ2n) is 5.88. The summed E-state index contributed by atoms with van der Waals surface area (Å²) in [6.45, 7) is 9.53. The highest BCUT2D eigenvalue weighted by Gasteiger charge is 2.52. The molecule has 0 radical (unpaired) electrons. The largest absolute Gasteiger partial charge is 0.380 e. The number of rotatable bonds is 1. The van der Waals surface area contributed by atoms with Gasteiger partial charge in [-0.3, -0.25) is 4.90 Å². The summed E-state index contributed by atoms with van der Waals surface area (Å²) < 4.78 is 5.31. The van der Waals surface area contributed by atoms with Crippen molar-refractivity contribution in [3.8, 4) is 0 Å². The zero-order valence-corrected chi connectivity index (χ0v) is 9.33. The average molecular weight is 195 g/mol. The van der Waals surface area contributed by atoms with Crippen LogP contribution in [0.2, 0.25) is 0 Å². The lowest BCUT2D eigenvalue weighted by Crippen LogP contribution is -2.68. The molecule has 1 spiro atoms. The maximum Gasteiger partial charge on any atom is 0.0569 e. The van der Waals surface area contributed by atoms with E-state index in [1.807, 2.05) is 0 Å². The van der Waals surface area contributed by atoms with E-state index in [0.717, 1.165) is 31.1 Å². The predicted molar refractivity (Wildman–Crippen MR) is 56.2 cm³/mol. The van der Waals surface area contributed by atoms with Crippen LogP contribution < -0.4 is 0 Å². The molecule has 0 amide bonds. The molecule has 2 heteroatoms. The van der Waals surface area contributed by atoms with Gasteiger partial charge in [0.15, 0.2) is 0 Å². The Hall–Kier alpha value is -0.0800. The summed E-state index contributed by atoms with van der Waals surface area (Å²) in [6.07, 6.45) is 2.87. The van der Waals surface area contributed by atoms with Crippen LogP contribution in [-0.4, -0.2) is 37.2 Å². The van der Waals surface area contributed by atoms with Crippen molar-refractivity contribution in [2.45, 2.75) is 32.7 Å². The Labute approximate surface area is 86.6 Å². The van der Waals surface area contributed by atoms with Crippen molar-refractivity contribution in [1.29, 1.82) is 0 Å². The minimum atomic E-state index is 0.603. The van der Waals surface area contributed by atoms with Crippen LogP contribution in [0.4, 0.5) is 0 Å². The summed E-state index contributed by atoms with van der Waals surface area (Å²) in [5, 5.41) is 0. The predicted octanol–water partition coefficient (Wildman–Crippen LogP) is 1.75. The fourth-order valence-electron chi connectivity index (χ4n) is 3.48. The Morgan fingerprint density at radius 1 is 1.14 bits per heavy atom. The maximum atomic E-state index is 5.31. The molecule has 3 atom stereocenters. The van der Waals surface area contributed by atoms with Crippen LogP contribution in [0.1, 0.15) is 26.7 Å². The Morgan fingerprint density at radius 3 is 2.29 bits per heavy atom. The molecule has 2 aliphatic heterocycles. The summed E-state index contributed by atoms with van der Waals surface area (Å²) in [6, 6.07) is 0.885. The molecule has 0 aromatic rings. The van der Waals surface area contributed by atoms with E-state index in [1.54, 1.807) is 0 Å². The molecular weight excluding hydrogens is 174 g/mol. The molecule has 3 unspecified atom stereocenters. The first-order chi connectivity index (χ1) is 6.70. The van der Waals surface area contributed by atoms with Crippen LogP contribution in [0.25, 0.3) is 0 Å². The van der Waals surface area contributed by atoms with E-state index in [9.17, 15) is 0 Å². The van der Waals surface area contributed by atoms with Crippen LogP contribution in [0.15, 0.2) is 0 Å². The summed E-state index contributed by atoms with van der Waals surface area (Å²) >= 11 is 0. The van der Waals surface area contributed by atoms with Gasteiger partial charge in [-0.2, -0.15) is 0 Å². The minimum Gasteiger partial charge on any atom is -0.380 e. The van der Waals surface area contributed by atoms with E-state index >= 15 is 0 Å². The van der Waals surface area contributed by atoms with Gasteiger partial charge in [-0.15, -0.1) is 0 Å². The van der Waals surface area contributed by atoms with Crippen molar-refractivity contribution < 1.29 is 4.74 Å². The summed E-state index contributed by atoms with van der Waals surface area (Å²) in [4.78, 5) is 2.71. The SMILES string of the molecule is CC1CCC(N2CC3(COC3)C2)C1C. The van der Waals surface area contributed by atoms with Crippen molar-refractivity contribution in [3.63, 3.8) is 0 Å². The Bertz CT molecular complexity index is 228. The molecule has 1 saturated carbocycles. The molecule has 0 N–H and O–H groups in total. The van der Waals surface area contributed by atoms with Gasteiger partial charge >= 0.3 is 0 Å². The standard InChI is InChI=1S/C12H21NO/c1-9-3-4-11(10(9)2)13-5-12(6-13)7-14-8-12/h9-11H,3-8H2,1-2H3. The molecule has 0 aromatic heterocycles. The zero-order valence-electron chi connectivity index (χ0n) is 9.33. The van der Waals surface area contributed by atoms with Gasteiger partial charge < -0.3 is 4.74 Å². The molecule has 2 nitrogen and oxygen atoms in total. The van der Waals surface area contributed by atoms with E-state index in [4.69, 9.17) is 4.74 Å². The van der Waals surface area contributed by atoms with E-state index in [2.05, 4.69) is 18.7 Å². The van der Waals surface area contributed by atoms with Crippen molar-refractivity contribution in [3.05, 3.63) is 0 Å². The highest BCUT2D eigenvalue weighted by molar-refractivity contribution is 5.03. The Balaban J connectivity index is 1.58. The van der Waals surface area contributed by atoms with Crippen LogP contribution in [-0.2, 0) is 4.74 Å². The first-order valence-electron chi connectivity index (χ1n) is 6.02. The van der Waals surface area contributed by atoms with Gasteiger partial charge in [-0.1, -0.05) is 13.8 Å². The van der Waals surface area contributed by atoms with E-state index in [0.29, 0.717) is 5.41 Å². The fourth-order valence-corrected chi connectivity index (χ4v) is 3.48. The van der Waals surface area contributed by atoms with Gasteiger partial charge in [0.2, 0.25) is 0 Å². The highest BCUT2D eigenvalue weighted by atomic mass is 16.5. The fraction of sp³-hybridized carbons (Fsp3) is 1.00. The Morgan fingerprint density at radius 2 is 1.86 bits per heavy atom. The number of hydrogen-bond acceptors (Lipinski definition) is 2. The summed E-state index contributed by atoms with van der Waals surface area (Å²) in [7, 11) is 0. The number of hydrogen-bond donors (Lipinski definition) is 0. The van der Waals surface area contributed by atoms with Crippen LogP contribution in [0.5, 0.6) is 0 Å². The number of likely N-dealkylation sites (tertiary alicyclic amines) is 1. The molecule has 3 aliphatic rings. The normalized spacial score (nSPS) is 46.3. The van der Waals surface area contributed by atoms with Gasteiger partial charge in [-0.05, 0) is 24.7 Å². The third-order valence-electron chi connectivity index (χ3n) is 4.78. The van der Waals surface area contributed by atoms with Gasteiger partial charge in [0.25, 0.3) is 0 Å². The monoisotopic (exact) mass is 195 g/mol. The second-order valence-corrected chi connectivity index (χ2v) is 5.88. The molecule has 0 bridgehead atoms. The molecule has 0 aromatic carbocycles. The van der Waals surface area contributed by atoms with Gasteiger partial charge in [0, 0.05) is 24.5 Å². The first kappa shape index (κ1) is 9.17. The first-order valence-corrected chi connectivity index (χ1v) is 6.02. The van der Waals surface area contributed by atoms with Crippen molar-refractivity contribution >= 4 is 0 Å². The molecular formula is C12H21NO. The summed E-state index contributed by atoms with van der Waals surface area (Å²) in [5.41, 5.74) is 0.603. The molecule has 14 heavy (non-hydrogen) atoms. The lowest BCUT2D eigenvalue weighted by molar-refractivity contribution is -0.200. The van der Waals surface area contributed by atoms with Crippen molar-refractivity contribution in [2.24, 2.45) is 17.3 Å². The lowest BCUT2D eigenvalue weighted by atomic mass is 9.76. The molecule has 80 valence electrons. The van der Waals surface area contributed by atoms with Gasteiger partial charge in [0.1, 0.15) is 0 Å². The van der Waals surface area contributed by atoms with Gasteiger partial charge in [-0.25, -0.2) is 0 Å². The quantitative estimate of drug-likeness (QED) is 0.632. The van der Waals surface area contributed by atoms with Crippen LogP contribution >= 0.6 is 0 Å². The highest BCUT2D eigenvalue weighted by Crippen LogP contribution is 2.44. The average Bonchev–Trinajstić information content (AvgIpc) is 2.30. The van der Waals surface area contributed by atoms with E-state index in [-0.39, 0.29) is 0 Å². The molecule has 1 aliphatic carbocycles. The van der Waals surface area contributed by atoms with Crippen LogP contribution in [0.3, 0.4) is 0 Å². The number of ether oxygens (including phenoxy) is 1. The smallest absolute Gasteiger partial charge is 0.0569 e. The van der Waals surface area contributed by atoms with Crippen molar-refractivity contribution in [2.75, 3.05) is 26.3 Å². The molecule has 2 saturated heterocycles. The molecule has 3 fully saturated rings.